The van der Waals surface area contributed by atoms with E-state index in [9.17, 15) is 13.2 Å². The van der Waals surface area contributed by atoms with E-state index in [0.717, 1.165) is 35.5 Å². The predicted octanol–water partition coefficient (Wildman–Crippen LogP) is 4.35. The zero-order valence-corrected chi connectivity index (χ0v) is 21.5. The van der Waals surface area contributed by atoms with Gasteiger partial charge in [-0.25, -0.2) is 13.4 Å². The maximum Gasteiger partial charge on any atom is 0.256 e. The number of carbonyl (C=O) groups is 1. The number of aryl methyl sites for hydroxylation is 1. The van der Waals surface area contributed by atoms with Crippen molar-refractivity contribution in [2.24, 2.45) is 0 Å². The lowest BCUT2D eigenvalue weighted by atomic mass is 10.2. The number of nitrogens with zero attached hydrogens (tertiary/aromatic N) is 4. The normalized spacial score (nSPS) is 14.2. The summed E-state index contributed by atoms with van der Waals surface area (Å²) in [5, 5.41) is 9.90. The number of anilines is 1. The van der Waals surface area contributed by atoms with Crippen LogP contribution < -0.4 is 10.1 Å². The Bertz CT molecular complexity index is 1500. The predicted molar refractivity (Wildman–Crippen MR) is 138 cm³/mol. The Morgan fingerprint density at radius 3 is 2.56 bits per heavy atom. The molecular formula is C25H25N5O4S2. The topological polar surface area (TPSA) is 106 Å². The van der Waals surface area contributed by atoms with E-state index >= 15 is 0 Å². The molecular weight excluding hydrogens is 498 g/mol. The van der Waals surface area contributed by atoms with Crippen molar-refractivity contribution >= 4 is 33.1 Å². The minimum absolute atomic E-state index is 0.190. The minimum atomic E-state index is -3.53. The van der Waals surface area contributed by atoms with Gasteiger partial charge in [-0.15, -0.1) is 11.3 Å². The van der Waals surface area contributed by atoms with Gasteiger partial charge in [-0.3, -0.25) is 4.79 Å². The van der Waals surface area contributed by atoms with Gasteiger partial charge in [0.2, 0.25) is 15.2 Å². The number of ether oxygens (including phenoxy) is 1. The molecule has 3 heterocycles. The van der Waals surface area contributed by atoms with Gasteiger partial charge in [0.25, 0.3) is 5.91 Å². The van der Waals surface area contributed by atoms with Gasteiger partial charge in [-0.2, -0.15) is 14.1 Å². The molecule has 1 aliphatic rings. The zero-order chi connectivity index (χ0) is 25.3. The standard InChI is InChI=1S/C25H25N5O4S2/c1-17-14-23(30(28-17)25-26-22(16-35-25)19-6-5-7-20(15-19)34-2)27-24(31)18-8-10-21(11-9-18)36(32,33)29-12-3-4-13-29/h5-11,14-16H,3-4,12-13H2,1-2H3,(H,27,31). The number of carbonyl (C=O) groups excluding carboxylic acids is 1. The van der Waals surface area contributed by atoms with Gasteiger partial charge in [0.05, 0.1) is 23.4 Å². The van der Waals surface area contributed by atoms with Crippen LogP contribution in [0.4, 0.5) is 5.82 Å². The monoisotopic (exact) mass is 523 g/mol. The number of benzene rings is 2. The molecule has 36 heavy (non-hydrogen) atoms. The summed E-state index contributed by atoms with van der Waals surface area (Å²) in [5.41, 5.74) is 2.75. The number of methoxy groups -OCH3 is 1. The van der Waals surface area contributed by atoms with Crippen LogP contribution in [-0.4, -0.2) is 53.6 Å². The third-order valence-electron chi connectivity index (χ3n) is 5.93. The van der Waals surface area contributed by atoms with E-state index in [-0.39, 0.29) is 10.8 Å². The van der Waals surface area contributed by atoms with Gasteiger partial charge >= 0.3 is 0 Å². The van der Waals surface area contributed by atoms with Crippen LogP contribution in [-0.2, 0) is 10.0 Å². The van der Waals surface area contributed by atoms with Gasteiger partial charge in [-0.05, 0) is 56.2 Å². The lowest BCUT2D eigenvalue weighted by Gasteiger charge is -2.15. The molecule has 1 saturated heterocycles. The maximum atomic E-state index is 13.0. The van der Waals surface area contributed by atoms with Crippen molar-refractivity contribution < 1.29 is 17.9 Å². The van der Waals surface area contributed by atoms with Gasteiger partial charge in [0, 0.05) is 35.7 Å². The van der Waals surface area contributed by atoms with Gasteiger partial charge in [-0.1, -0.05) is 12.1 Å². The Hall–Kier alpha value is -3.54. The van der Waals surface area contributed by atoms with Crippen molar-refractivity contribution in [1.82, 2.24) is 19.1 Å². The van der Waals surface area contributed by atoms with Crippen molar-refractivity contribution in [2.45, 2.75) is 24.7 Å². The minimum Gasteiger partial charge on any atom is -0.497 e. The fourth-order valence-corrected chi connectivity index (χ4v) is 6.37. The molecule has 0 spiro atoms. The van der Waals surface area contributed by atoms with Crippen LogP contribution in [0.25, 0.3) is 16.4 Å². The zero-order valence-electron chi connectivity index (χ0n) is 19.8. The molecule has 2 aromatic heterocycles. The molecule has 0 unspecified atom stereocenters. The van der Waals surface area contributed by atoms with E-state index in [2.05, 4.69) is 10.4 Å². The lowest BCUT2D eigenvalue weighted by Crippen LogP contribution is -2.27. The quantitative estimate of drug-likeness (QED) is 0.386. The van der Waals surface area contributed by atoms with E-state index in [4.69, 9.17) is 9.72 Å². The van der Waals surface area contributed by atoms with E-state index in [0.29, 0.717) is 29.6 Å². The summed E-state index contributed by atoms with van der Waals surface area (Å²) in [6.07, 6.45) is 1.74. The molecule has 1 fully saturated rings. The summed E-state index contributed by atoms with van der Waals surface area (Å²) < 4.78 is 33.9. The second-order valence-corrected chi connectivity index (χ2v) is 11.2. The van der Waals surface area contributed by atoms with Gasteiger partial charge in [0.1, 0.15) is 11.6 Å². The first-order valence-electron chi connectivity index (χ1n) is 11.4. The summed E-state index contributed by atoms with van der Waals surface area (Å²) in [5.74, 6) is 0.841. The Morgan fingerprint density at radius 1 is 1.08 bits per heavy atom. The third-order valence-corrected chi connectivity index (χ3v) is 8.66. The highest BCUT2D eigenvalue weighted by Gasteiger charge is 2.27. The number of hydrogen-bond acceptors (Lipinski definition) is 7. The average Bonchev–Trinajstić information content (AvgIpc) is 3.66. The van der Waals surface area contributed by atoms with Crippen molar-refractivity contribution in [3.63, 3.8) is 0 Å². The van der Waals surface area contributed by atoms with Gasteiger partial charge < -0.3 is 10.1 Å². The molecule has 0 radical (unpaired) electrons. The first-order chi connectivity index (χ1) is 17.3. The highest BCUT2D eigenvalue weighted by Crippen LogP contribution is 2.29. The van der Waals surface area contributed by atoms with Gasteiger partial charge in [0.15, 0.2) is 0 Å². The summed E-state index contributed by atoms with van der Waals surface area (Å²) in [6.45, 7) is 2.90. The molecule has 4 aromatic rings. The van der Waals surface area contributed by atoms with Crippen LogP contribution >= 0.6 is 11.3 Å². The first kappa shape index (κ1) is 24.2. The number of hydrogen-bond donors (Lipinski definition) is 1. The molecule has 186 valence electrons. The number of nitrogens with one attached hydrogen (secondary N) is 1. The smallest absolute Gasteiger partial charge is 0.256 e. The fourth-order valence-electron chi connectivity index (χ4n) is 4.06. The van der Waals surface area contributed by atoms with Crippen molar-refractivity contribution in [3.05, 3.63) is 71.2 Å². The second-order valence-electron chi connectivity index (χ2n) is 8.42. The van der Waals surface area contributed by atoms with E-state index in [1.54, 1.807) is 17.9 Å². The molecule has 0 atom stereocenters. The number of rotatable bonds is 7. The molecule has 5 rings (SSSR count). The number of sulfonamides is 1. The fraction of sp³-hybridized carbons (Fsp3) is 0.240. The lowest BCUT2D eigenvalue weighted by molar-refractivity contribution is 0.102. The molecule has 9 nitrogen and oxygen atoms in total. The Labute approximate surface area is 213 Å². The molecule has 1 aliphatic heterocycles. The van der Waals surface area contributed by atoms with Crippen molar-refractivity contribution in [3.8, 4) is 22.1 Å². The molecule has 0 saturated carbocycles. The van der Waals surface area contributed by atoms with Crippen molar-refractivity contribution in [1.29, 1.82) is 0 Å². The van der Waals surface area contributed by atoms with E-state index in [1.807, 2.05) is 36.6 Å². The maximum absolute atomic E-state index is 13.0. The molecule has 0 bridgehead atoms. The molecule has 1 amide bonds. The SMILES string of the molecule is COc1cccc(-c2csc(-n3nc(C)cc3NC(=O)c3ccc(S(=O)(=O)N4CCCC4)cc3)n2)c1. The summed E-state index contributed by atoms with van der Waals surface area (Å²) >= 11 is 1.40. The molecule has 1 N–H and O–H groups in total. The van der Waals surface area contributed by atoms with E-state index < -0.39 is 10.0 Å². The molecule has 2 aromatic carbocycles. The number of aromatic nitrogens is 3. The Kier molecular flexibility index (Phi) is 6.61. The largest absolute Gasteiger partial charge is 0.497 e. The number of thiazole rings is 1. The first-order valence-corrected chi connectivity index (χ1v) is 13.8. The highest BCUT2D eigenvalue weighted by atomic mass is 32.2. The highest BCUT2D eigenvalue weighted by molar-refractivity contribution is 7.89. The number of amides is 1. The second kappa shape index (κ2) is 9.84. The summed E-state index contributed by atoms with van der Waals surface area (Å²) in [4.78, 5) is 17.9. The van der Waals surface area contributed by atoms with Crippen LogP contribution in [0, 0.1) is 6.92 Å². The Balaban J connectivity index is 1.35. The molecule has 0 aliphatic carbocycles. The van der Waals surface area contributed by atoms with Crippen LogP contribution in [0.5, 0.6) is 5.75 Å². The Morgan fingerprint density at radius 2 is 1.83 bits per heavy atom. The van der Waals surface area contributed by atoms with Crippen LogP contribution in [0.15, 0.2) is 64.9 Å². The van der Waals surface area contributed by atoms with Crippen LogP contribution in [0.3, 0.4) is 0 Å². The summed E-state index contributed by atoms with van der Waals surface area (Å²) in [7, 11) is -1.91. The van der Waals surface area contributed by atoms with Crippen LogP contribution in [0.2, 0.25) is 0 Å². The van der Waals surface area contributed by atoms with Crippen LogP contribution in [0.1, 0.15) is 28.9 Å². The van der Waals surface area contributed by atoms with E-state index in [1.165, 1.54) is 39.9 Å². The third kappa shape index (κ3) is 4.77. The average molecular weight is 524 g/mol. The molecule has 11 heteroatoms. The summed E-state index contributed by atoms with van der Waals surface area (Å²) in [6, 6.07) is 15.4. The van der Waals surface area contributed by atoms with Crippen molar-refractivity contribution in [2.75, 3.05) is 25.5 Å².